The van der Waals surface area contributed by atoms with Gasteiger partial charge in [0.15, 0.2) is 5.69 Å². The molecule has 1 atom stereocenters. The van der Waals surface area contributed by atoms with Gasteiger partial charge in [-0.3, -0.25) is 4.90 Å². The number of hydrogen-bond acceptors (Lipinski definition) is 6. The molecule has 0 radical (unpaired) electrons. The van der Waals surface area contributed by atoms with Crippen LogP contribution in [-0.2, 0) is 0 Å². The normalized spacial score (nSPS) is 16.4. The lowest BCUT2D eigenvalue weighted by molar-refractivity contribution is 0.251. The second-order valence-electron chi connectivity index (χ2n) is 6.07. The molecule has 3 rings (SSSR count). The van der Waals surface area contributed by atoms with Crippen molar-refractivity contribution in [3.63, 3.8) is 0 Å². The van der Waals surface area contributed by atoms with Crippen LogP contribution in [0.4, 0.5) is 11.5 Å². The second-order valence-corrected chi connectivity index (χ2v) is 6.07. The summed E-state index contributed by atoms with van der Waals surface area (Å²) in [5.41, 5.74) is 1.64. The van der Waals surface area contributed by atoms with Crippen molar-refractivity contribution >= 4 is 11.5 Å². The highest BCUT2D eigenvalue weighted by atomic mass is 15.3. The summed E-state index contributed by atoms with van der Waals surface area (Å²) in [5, 5.41) is 12.1. The van der Waals surface area contributed by atoms with Crippen molar-refractivity contribution in [3.8, 4) is 6.07 Å². The third-order valence-corrected chi connectivity index (χ3v) is 4.19. The van der Waals surface area contributed by atoms with E-state index >= 15 is 0 Å². The molecule has 2 aromatic rings. The molecule has 1 aromatic carbocycles. The molecule has 6 heteroatoms. The molecular formula is C18H22N6. The average molecular weight is 322 g/mol. The predicted molar refractivity (Wildman–Crippen MR) is 94.9 cm³/mol. The van der Waals surface area contributed by atoms with E-state index in [0.29, 0.717) is 11.5 Å². The molecule has 1 N–H and O–H groups in total. The van der Waals surface area contributed by atoms with Gasteiger partial charge in [-0.1, -0.05) is 18.2 Å². The van der Waals surface area contributed by atoms with Gasteiger partial charge in [-0.05, 0) is 19.1 Å². The first-order chi connectivity index (χ1) is 11.7. The van der Waals surface area contributed by atoms with Crippen molar-refractivity contribution in [2.24, 2.45) is 0 Å². The van der Waals surface area contributed by atoms with Crippen molar-refractivity contribution in [3.05, 3.63) is 48.4 Å². The molecule has 6 nitrogen and oxygen atoms in total. The molecule has 2 heterocycles. The smallest absolute Gasteiger partial charge is 0.158 e. The van der Waals surface area contributed by atoms with Gasteiger partial charge in [-0.25, -0.2) is 9.97 Å². The van der Waals surface area contributed by atoms with Crippen LogP contribution in [0.1, 0.15) is 12.6 Å². The Morgan fingerprint density at radius 1 is 1.12 bits per heavy atom. The van der Waals surface area contributed by atoms with Gasteiger partial charge in [0.1, 0.15) is 11.9 Å². The molecule has 1 saturated heterocycles. The first-order valence-corrected chi connectivity index (χ1v) is 8.25. The number of para-hydroxylation sites is 1. The minimum Gasteiger partial charge on any atom is -0.369 e. The minimum absolute atomic E-state index is 0.274. The number of nitrogens with one attached hydrogen (secondary N) is 1. The van der Waals surface area contributed by atoms with E-state index in [0.717, 1.165) is 32.7 Å². The van der Waals surface area contributed by atoms with Crippen LogP contribution in [0, 0.1) is 11.3 Å². The van der Waals surface area contributed by atoms with Gasteiger partial charge in [0.25, 0.3) is 0 Å². The van der Waals surface area contributed by atoms with Crippen LogP contribution in [0.25, 0.3) is 0 Å². The molecule has 1 aliphatic rings. The fourth-order valence-corrected chi connectivity index (χ4v) is 2.97. The Morgan fingerprint density at radius 2 is 1.88 bits per heavy atom. The number of rotatable bonds is 5. The van der Waals surface area contributed by atoms with Crippen molar-refractivity contribution in [2.45, 2.75) is 13.0 Å². The lowest BCUT2D eigenvalue weighted by atomic mass is 10.2. The van der Waals surface area contributed by atoms with Crippen LogP contribution >= 0.6 is 0 Å². The summed E-state index contributed by atoms with van der Waals surface area (Å²) >= 11 is 0. The number of benzene rings is 1. The summed E-state index contributed by atoms with van der Waals surface area (Å²) < 4.78 is 0. The highest BCUT2D eigenvalue weighted by molar-refractivity contribution is 5.46. The maximum atomic E-state index is 8.75. The summed E-state index contributed by atoms with van der Waals surface area (Å²) in [7, 11) is 0. The van der Waals surface area contributed by atoms with Crippen molar-refractivity contribution < 1.29 is 0 Å². The minimum atomic E-state index is 0.274. The molecule has 1 aliphatic heterocycles. The van der Waals surface area contributed by atoms with E-state index < -0.39 is 0 Å². The fourth-order valence-electron chi connectivity index (χ4n) is 2.97. The van der Waals surface area contributed by atoms with Gasteiger partial charge in [0.05, 0.1) is 12.4 Å². The van der Waals surface area contributed by atoms with E-state index in [9.17, 15) is 0 Å². The second kappa shape index (κ2) is 7.75. The van der Waals surface area contributed by atoms with E-state index in [1.54, 1.807) is 6.20 Å². The number of aromatic nitrogens is 2. The lowest BCUT2D eigenvalue weighted by Crippen LogP contribution is -2.49. The third-order valence-electron chi connectivity index (χ3n) is 4.19. The van der Waals surface area contributed by atoms with E-state index in [4.69, 9.17) is 5.26 Å². The number of nitriles is 1. The van der Waals surface area contributed by atoms with Crippen molar-refractivity contribution in [1.29, 1.82) is 5.26 Å². The van der Waals surface area contributed by atoms with Crippen LogP contribution in [-0.4, -0.2) is 53.6 Å². The van der Waals surface area contributed by atoms with E-state index in [-0.39, 0.29) is 6.04 Å². The summed E-state index contributed by atoms with van der Waals surface area (Å²) in [6.45, 7) is 7.31. The van der Waals surface area contributed by atoms with Crippen molar-refractivity contribution in [1.82, 2.24) is 14.9 Å². The monoisotopic (exact) mass is 322 g/mol. The molecule has 0 spiro atoms. The number of nitrogens with zero attached hydrogens (tertiary/aromatic N) is 5. The molecule has 0 aliphatic carbocycles. The highest BCUT2D eigenvalue weighted by Crippen LogP contribution is 2.15. The maximum absolute atomic E-state index is 8.75. The Balaban J connectivity index is 1.46. The lowest BCUT2D eigenvalue weighted by Gasteiger charge is -2.37. The molecule has 1 aromatic heterocycles. The highest BCUT2D eigenvalue weighted by Gasteiger charge is 2.18. The Morgan fingerprint density at radius 3 is 2.50 bits per heavy atom. The Bertz CT molecular complexity index is 671. The Labute approximate surface area is 142 Å². The molecule has 1 fully saturated rings. The summed E-state index contributed by atoms with van der Waals surface area (Å²) in [6.07, 6.45) is 3.11. The molecule has 0 bridgehead atoms. The Kier molecular flexibility index (Phi) is 5.24. The first-order valence-electron chi connectivity index (χ1n) is 8.25. The van der Waals surface area contributed by atoms with E-state index in [1.807, 2.05) is 6.07 Å². The van der Waals surface area contributed by atoms with Gasteiger partial charge < -0.3 is 10.2 Å². The topological polar surface area (TPSA) is 68.1 Å². The van der Waals surface area contributed by atoms with Crippen molar-refractivity contribution in [2.75, 3.05) is 42.9 Å². The SMILES string of the molecule is CC(CN1CCN(c2ccccc2)CC1)Nc1cnc(C#N)cn1. The van der Waals surface area contributed by atoms with E-state index in [1.165, 1.54) is 11.9 Å². The molecule has 124 valence electrons. The quantitative estimate of drug-likeness (QED) is 0.908. The van der Waals surface area contributed by atoms with Crippen LogP contribution in [0.5, 0.6) is 0 Å². The largest absolute Gasteiger partial charge is 0.369 e. The van der Waals surface area contributed by atoms with Gasteiger partial charge in [-0.2, -0.15) is 5.26 Å². The molecule has 0 amide bonds. The molecular weight excluding hydrogens is 300 g/mol. The van der Waals surface area contributed by atoms with Crippen LogP contribution in [0.3, 0.4) is 0 Å². The van der Waals surface area contributed by atoms with Gasteiger partial charge in [-0.15, -0.1) is 0 Å². The first kappa shape index (κ1) is 16.2. The summed E-state index contributed by atoms with van der Waals surface area (Å²) in [4.78, 5) is 13.1. The summed E-state index contributed by atoms with van der Waals surface area (Å²) in [5.74, 6) is 0.712. The Hall–Kier alpha value is -2.65. The standard InChI is InChI=1S/C18H22N6/c1-15(22-18-13-20-16(11-19)12-21-18)14-23-7-9-24(10-8-23)17-5-3-2-4-6-17/h2-6,12-13,15H,7-10,14H2,1H3,(H,21,22). The van der Waals surface area contributed by atoms with E-state index in [2.05, 4.69) is 62.3 Å². The maximum Gasteiger partial charge on any atom is 0.158 e. The number of piperazine rings is 1. The number of anilines is 2. The van der Waals surface area contributed by atoms with Gasteiger partial charge >= 0.3 is 0 Å². The molecule has 0 saturated carbocycles. The zero-order valence-corrected chi connectivity index (χ0v) is 13.9. The van der Waals surface area contributed by atoms with Crippen LogP contribution in [0.15, 0.2) is 42.7 Å². The van der Waals surface area contributed by atoms with Gasteiger partial charge in [0, 0.05) is 44.5 Å². The van der Waals surface area contributed by atoms with Crippen LogP contribution in [0.2, 0.25) is 0 Å². The molecule has 24 heavy (non-hydrogen) atoms. The van der Waals surface area contributed by atoms with Gasteiger partial charge in [0.2, 0.25) is 0 Å². The third kappa shape index (κ3) is 4.21. The number of hydrogen-bond donors (Lipinski definition) is 1. The fraction of sp³-hybridized carbons (Fsp3) is 0.389. The van der Waals surface area contributed by atoms with Crippen LogP contribution < -0.4 is 10.2 Å². The predicted octanol–water partition coefficient (Wildman–Crippen LogP) is 1.97. The average Bonchev–Trinajstić information content (AvgIpc) is 2.64. The zero-order chi connectivity index (χ0) is 16.8. The zero-order valence-electron chi connectivity index (χ0n) is 13.9. The summed E-state index contributed by atoms with van der Waals surface area (Å²) in [6, 6.07) is 12.8. The molecule has 1 unspecified atom stereocenters.